The molecular weight excluding hydrogens is 204 g/mol. The zero-order valence-electron chi connectivity index (χ0n) is 10.9. The number of rotatable bonds is 3. The Bertz CT molecular complexity index is 256. The Morgan fingerprint density at radius 3 is 2.69 bits per heavy atom. The summed E-state index contributed by atoms with van der Waals surface area (Å²) >= 11 is 0. The summed E-state index contributed by atoms with van der Waals surface area (Å²) in [7, 11) is 0. The summed E-state index contributed by atoms with van der Waals surface area (Å²) < 4.78 is 4.94. The number of hydrogen-bond acceptors (Lipinski definition) is 3. The van der Waals surface area contributed by atoms with Crippen LogP contribution in [0, 0.1) is 11.3 Å². The van der Waals surface area contributed by atoms with Crippen molar-refractivity contribution in [2.24, 2.45) is 11.3 Å². The van der Waals surface area contributed by atoms with Crippen LogP contribution in [0.15, 0.2) is 0 Å². The van der Waals surface area contributed by atoms with E-state index in [4.69, 9.17) is 4.74 Å². The fourth-order valence-electron chi connectivity index (χ4n) is 2.62. The van der Waals surface area contributed by atoms with Crippen LogP contribution in [0.25, 0.3) is 0 Å². The van der Waals surface area contributed by atoms with Gasteiger partial charge in [-0.15, -0.1) is 0 Å². The minimum atomic E-state index is -1.33. The summed E-state index contributed by atoms with van der Waals surface area (Å²) in [4.78, 5) is 11.7. The molecule has 1 fully saturated rings. The Labute approximate surface area is 98.2 Å². The Hall–Kier alpha value is -0.570. The Morgan fingerprint density at radius 2 is 2.19 bits per heavy atom. The maximum Gasteiger partial charge on any atom is 0.338 e. The van der Waals surface area contributed by atoms with Crippen molar-refractivity contribution in [2.75, 3.05) is 6.61 Å². The lowest BCUT2D eigenvalue weighted by Crippen LogP contribution is -2.47. The molecule has 1 saturated carbocycles. The molecule has 0 amide bonds. The van der Waals surface area contributed by atoms with Crippen molar-refractivity contribution >= 4 is 5.97 Å². The SMILES string of the molecule is CCOC(=O)C(C)(O)C1CCCC(C)(C)C1. The van der Waals surface area contributed by atoms with E-state index in [2.05, 4.69) is 13.8 Å². The van der Waals surface area contributed by atoms with Crippen molar-refractivity contribution < 1.29 is 14.6 Å². The van der Waals surface area contributed by atoms with E-state index in [-0.39, 0.29) is 11.3 Å². The molecule has 2 atom stereocenters. The average Bonchev–Trinajstić information content (AvgIpc) is 2.16. The van der Waals surface area contributed by atoms with E-state index in [9.17, 15) is 9.90 Å². The van der Waals surface area contributed by atoms with Crippen LogP contribution in [0.5, 0.6) is 0 Å². The Kier molecular flexibility index (Phi) is 4.00. The molecule has 0 aliphatic heterocycles. The van der Waals surface area contributed by atoms with Crippen LogP contribution in [0.4, 0.5) is 0 Å². The van der Waals surface area contributed by atoms with Gasteiger partial charge in [-0.25, -0.2) is 4.79 Å². The highest BCUT2D eigenvalue weighted by Crippen LogP contribution is 2.43. The number of carbonyl (C=O) groups is 1. The molecule has 3 nitrogen and oxygen atoms in total. The lowest BCUT2D eigenvalue weighted by atomic mass is 9.67. The van der Waals surface area contributed by atoms with E-state index in [0.717, 1.165) is 19.3 Å². The first kappa shape index (κ1) is 13.5. The second-order valence-electron chi connectivity index (χ2n) is 5.83. The molecule has 1 N–H and O–H groups in total. The van der Waals surface area contributed by atoms with Crippen LogP contribution in [0.3, 0.4) is 0 Å². The topological polar surface area (TPSA) is 46.5 Å². The Morgan fingerprint density at radius 1 is 1.56 bits per heavy atom. The molecule has 0 spiro atoms. The van der Waals surface area contributed by atoms with Crippen LogP contribution in [-0.4, -0.2) is 23.3 Å². The lowest BCUT2D eigenvalue weighted by Gasteiger charge is -2.40. The van der Waals surface area contributed by atoms with Crippen LogP contribution in [0.1, 0.15) is 53.4 Å². The first-order valence-electron chi connectivity index (χ1n) is 6.19. The monoisotopic (exact) mass is 228 g/mol. The summed E-state index contributed by atoms with van der Waals surface area (Å²) in [5.41, 5.74) is -1.10. The normalized spacial score (nSPS) is 28.2. The van der Waals surface area contributed by atoms with Gasteiger partial charge in [0.2, 0.25) is 0 Å². The summed E-state index contributed by atoms with van der Waals surface area (Å²) in [6.07, 6.45) is 4.05. The van der Waals surface area contributed by atoms with E-state index in [1.165, 1.54) is 6.42 Å². The number of esters is 1. The van der Waals surface area contributed by atoms with E-state index in [0.29, 0.717) is 6.61 Å². The molecule has 1 aliphatic rings. The molecule has 0 saturated heterocycles. The summed E-state index contributed by atoms with van der Waals surface area (Å²) in [5.74, 6) is -0.451. The van der Waals surface area contributed by atoms with Gasteiger partial charge in [0, 0.05) is 0 Å². The maximum absolute atomic E-state index is 11.7. The van der Waals surface area contributed by atoms with Gasteiger partial charge >= 0.3 is 5.97 Å². The molecular formula is C13H24O3. The van der Waals surface area contributed by atoms with E-state index in [1.807, 2.05) is 0 Å². The lowest BCUT2D eigenvalue weighted by molar-refractivity contribution is -0.172. The van der Waals surface area contributed by atoms with Gasteiger partial charge in [0.25, 0.3) is 0 Å². The largest absolute Gasteiger partial charge is 0.464 e. The third kappa shape index (κ3) is 2.97. The van der Waals surface area contributed by atoms with Crippen molar-refractivity contribution in [1.82, 2.24) is 0 Å². The van der Waals surface area contributed by atoms with Crippen molar-refractivity contribution in [1.29, 1.82) is 0 Å². The molecule has 0 radical (unpaired) electrons. The fraction of sp³-hybridized carbons (Fsp3) is 0.923. The quantitative estimate of drug-likeness (QED) is 0.755. The van der Waals surface area contributed by atoms with Crippen LogP contribution in [-0.2, 0) is 9.53 Å². The average molecular weight is 228 g/mol. The second kappa shape index (κ2) is 4.74. The van der Waals surface area contributed by atoms with E-state index < -0.39 is 11.6 Å². The highest BCUT2D eigenvalue weighted by Gasteiger charge is 2.44. The van der Waals surface area contributed by atoms with Gasteiger partial charge in [-0.3, -0.25) is 0 Å². The van der Waals surface area contributed by atoms with Crippen LogP contribution in [0.2, 0.25) is 0 Å². The molecule has 0 aromatic carbocycles. The molecule has 0 bridgehead atoms. The smallest absolute Gasteiger partial charge is 0.338 e. The molecule has 1 rings (SSSR count). The summed E-state index contributed by atoms with van der Waals surface area (Å²) in [6.45, 7) is 8.07. The highest BCUT2D eigenvalue weighted by molar-refractivity contribution is 5.79. The van der Waals surface area contributed by atoms with Gasteiger partial charge < -0.3 is 9.84 Å². The third-order valence-electron chi connectivity index (χ3n) is 3.69. The Balaban J connectivity index is 2.71. The van der Waals surface area contributed by atoms with Gasteiger partial charge in [0.15, 0.2) is 5.60 Å². The highest BCUT2D eigenvalue weighted by atomic mass is 16.5. The third-order valence-corrected chi connectivity index (χ3v) is 3.69. The summed E-state index contributed by atoms with van der Waals surface area (Å²) in [5, 5.41) is 10.3. The van der Waals surface area contributed by atoms with E-state index >= 15 is 0 Å². The molecule has 16 heavy (non-hydrogen) atoms. The zero-order chi connectivity index (χ0) is 12.4. The molecule has 1 aliphatic carbocycles. The predicted octanol–water partition coefficient (Wildman–Crippen LogP) is 2.52. The molecule has 0 heterocycles. The number of carbonyl (C=O) groups excluding carboxylic acids is 1. The zero-order valence-corrected chi connectivity index (χ0v) is 10.9. The number of hydrogen-bond donors (Lipinski definition) is 1. The fourth-order valence-corrected chi connectivity index (χ4v) is 2.62. The first-order chi connectivity index (χ1) is 7.29. The maximum atomic E-state index is 11.7. The van der Waals surface area contributed by atoms with Crippen molar-refractivity contribution in [3.05, 3.63) is 0 Å². The predicted molar refractivity (Wildman–Crippen MR) is 63.0 cm³/mol. The van der Waals surface area contributed by atoms with Crippen molar-refractivity contribution in [3.8, 4) is 0 Å². The van der Waals surface area contributed by atoms with E-state index in [1.54, 1.807) is 13.8 Å². The molecule has 2 unspecified atom stereocenters. The molecule has 94 valence electrons. The van der Waals surface area contributed by atoms with Gasteiger partial charge in [0.05, 0.1) is 6.61 Å². The van der Waals surface area contributed by atoms with Crippen molar-refractivity contribution in [2.45, 2.75) is 59.0 Å². The van der Waals surface area contributed by atoms with Gasteiger partial charge in [-0.05, 0) is 44.4 Å². The van der Waals surface area contributed by atoms with Gasteiger partial charge in [0.1, 0.15) is 0 Å². The van der Waals surface area contributed by atoms with Gasteiger partial charge in [-0.1, -0.05) is 20.3 Å². The van der Waals surface area contributed by atoms with Crippen LogP contribution < -0.4 is 0 Å². The first-order valence-corrected chi connectivity index (χ1v) is 6.19. The molecule has 3 heteroatoms. The standard InChI is InChI=1S/C13H24O3/c1-5-16-11(14)13(4,15)10-7-6-8-12(2,3)9-10/h10,15H,5-9H2,1-4H3. The van der Waals surface area contributed by atoms with Gasteiger partial charge in [-0.2, -0.15) is 0 Å². The van der Waals surface area contributed by atoms with Crippen LogP contribution >= 0.6 is 0 Å². The number of aliphatic hydroxyl groups is 1. The molecule has 0 aromatic heterocycles. The summed E-state index contributed by atoms with van der Waals surface area (Å²) in [6, 6.07) is 0. The molecule has 0 aromatic rings. The second-order valence-corrected chi connectivity index (χ2v) is 5.83. The van der Waals surface area contributed by atoms with Crippen molar-refractivity contribution in [3.63, 3.8) is 0 Å². The minimum Gasteiger partial charge on any atom is -0.464 e. The minimum absolute atomic E-state index is 0.0234. The number of ether oxygens (including phenoxy) is 1.